The number of halogens is 1. The van der Waals surface area contributed by atoms with Crippen molar-refractivity contribution in [3.63, 3.8) is 0 Å². The van der Waals surface area contributed by atoms with E-state index in [-0.39, 0.29) is 17.4 Å². The quantitative estimate of drug-likeness (QED) is 0.623. The van der Waals surface area contributed by atoms with Gasteiger partial charge < -0.3 is 10.4 Å². The third-order valence-electron chi connectivity index (χ3n) is 5.92. The number of amides is 3. The number of carboxylic acids is 1. The second-order valence-corrected chi connectivity index (χ2v) is 8.09. The van der Waals surface area contributed by atoms with E-state index in [4.69, 9.17) is 11.6 Å². The highest BCUT2D eigenvalue weighted by Gasteiger charge is 2.59. The highest BCUT2D eigenvalue weighted by atomic mass is 35.5. The minimum atomic E-state index is -1.06. The number of aromatic carboxylic acids is 1. The van der Waals surface area contributed by atoms with Crippen molar-refractivity contribution in [3.8, 4) is 0 Å². The number of nitrogens with zero attached hydrogens (tertiary/aromatic N) is 2. The van der Waals surface area contributed by atoms with E-state index >= 15 is 0 Å². The molecule has 2 aromatic carbocycles. The molecule has 1 aliphatic carbocycles. The summed E-state index contributed by atoms with van der Waals surface area (Å²) in [5, 5.41) is 13.8. The Hall–Kier alpha value is -3.45. The molecule has 0 radical (unpaired) electrons. The monoisotopic (exact) mass is 421 g/mol. The van der Waals surface area contributed by atoms with Crippen LogP contribution in [0.5, 0.6) is 0 Å². The van der Waals surface area contributed by atoms with E-state index in [1.54, 1.807) is 6.07 Å². The van der Waals surface area contributed by atoms with Gasteiger partial charge in [-0.15, -0.1) is 0 Å². The molecule has 0 bridgehead atoms. The molecule has 3 aromatic rings. The Bertz CT molecular complexity index is 1240. The largest absolute Gasteiger partial charge is 0.478 e. The maximum absolute atomic E-state index is 13.3. The van der Waals surface area contributed by atoms with Crippen LogP contribution in [0.15, 0.2) is 54.9 Å². The van der Waals surface area contributed by atoms with Crippen molar-refractivity contribution >= 4 is 46.0 Å². The Balaban J connectivity index is 1.47. The van der Waals surface area contributed by atoms with Gasteiger partial charge >= 0.3 is 12.0 Å². The van der Waals surface area contributed by atoms with E-state index in [0.717, 1.165) is 10.5 Å². The molecule has 1 saturated carbocycles. The van der Waals surface area contributed by atoms with Gasteiger partial charge in [-0.3, -0.25) is 9.78 Å². The number of rotatable bonds is 3. The van der Waals surface area contributed by atoms with Crippen LogP contribution >= 0.6 is 11.6 Å². The van der Waals surface area contributed by atoms with E-state index < -0.39 is 17.5 Å². The normalized spacial score (nSPS) is 23.0. The van der Waals surface area contributed by atoms with Gasteiger partial charge in [-0.05, 0) is 42.5 Å². The second-order valence-electron chi connectivity index (χ2n) is 7.68. The molecule has 30 heavy (non-hydrogen) atoms. The average molecular weight is 422 g/mol. The number of hydrogen-bond donors (Lipinski definition) is 2. The lowest BCUT2D eigenvalue weighted by Crippen LogP contribution is -2.56. The molecular formula is C22H16ClN3O4. The Labute approximate surface area is 176 Å². The molecule has 7 nitrogen and oxygen atoms in total. The van der Waals surface area contributed by atoms with Crippen LogP contribution in [0.25, 0.3) is 10.8 Å². The topological polar surface area (TPSA) is 99.6 Å². The fourth-order valence-corrected chi connectivity index (χ4v) is 4.69. The summed E-state index contributed by atoms with van der Waals surface area (Å²) >= 11 is 6.28. The molecule has 2 N–H and O–H groups in total. The zero-order valence-corrected chi connectivity index (χ0v) is 16.4. The van der Waals surface area contributed by atoms with Gasteiger partial charge in [-0.2, -0.15) is 0 Å². The van der Waals surface area contributed by atoms with E-state index in [0.29, 0.717) is 34.3 Å². The van der Waals surface area contributed by atoms with Gasteiger partial charge in [-0.1, -0.05) is 35.9 Å². The summed E-state index contributed by atoms with van der Waals surface area (Å²) in [7, 11) is 0. The number of nitrogens with one attached hydrogen (secondary N) is 1. The molecule has 0 atom stereocenters. The van der Waals surface area contributed by atoms with Crippen molar-refractivity contribution in [2.24, 2.45) is 0 Å². The molecule has 1 saturated heterocycles. The molecule has 8 heteroatoms. The third-order valence-corrected chi connectivity index (χ3v) is 6.27. The zero-order chi connectivity index (χ0) is 21.0. The number of carbonyl (C=O) groups is 3. The summed E-state index contributed by atoms with van der Waals surface area (Å²) in [5.74, 6) is -1.30. The minimum absolute atomic E-state index is 0.0895. The molecule has 1 spiro atoms. The number of aromatic nitrogens is 1. The highest BCUT2D eigenvalue weighted by Crippen LogP contribution is 2.50. The number of fused-ring (bicyclic) bond motifs is 1. The Morgan fingerprint density at radius 2 is 1.93 bits per heavy atom. The molecule has 1 aliphatic heterocycles. The number of anilines is 1. The van der Waals surface area contributed by atoms with Crippen LogP contribution < -0.4 is 10.2 Å². The van der Waals surface area contributed by atoms with Crippen LogP contribution in [0.4, 0.5) is 10.5 Å². The lowest BCUT2D eigenvalue weighted by Gasteiger charge is -2.43. The maximum atomic E-state index is 13.3. The predicted octanol–water partition coefficient (Wildman–Crippen LogP) is 3.96. The Morgan fingerprint density at radius 3 is 2.67 bits per heavy atom. The molecule has 3 amide bonds. The number of urea groups is 1. The van der Waals surface area contributed by atoms with Crippen LogP contribution in [0, 0.1) is 0 Å². The fraction of sp³-hybridized carbons (Fsp3) is 0.182. The molecule has 150 valence electrons. The van der Waals surface area contributed by atoms with E-state index in [1.165, 1.54) is 24.5 Å². The zero-order valence-electron chi connectivity index (χ0n) is 15.6. The van der Waals surface area contributed by atoms with E-state index in [9.17, 15) is 19.5 Å². The number of carbonyl (C=O) groups excluding carboxylic acids is 2. The van der Waals surface area contributed by atoms with Gasteiger partial charge in [0.05, 0.1) is 17.4 Å². The van der Waals surface area contributed by atoms with Crippen LogP contribution in [0.2, 0.25) is 5.02 Å². The van der Waals surface area contributed by atoms with Gasteiger partial charge in [0.15, 0.2) is 0 Å². The molecular weight excluding hydrogens is 406 g/mol. The molecule has 5 rings (SSSR count). The second kappa shape index (κ2) is 6.53. The predicted molar refractivity (Wildman–Crippen MR) is 111 cm³/mol. The lowest BCUT2D eigenvalue weighted by molar-refractivity contribution is -0.125. The minimum Gasteiger partial charge on any atom is -0.478 e. The summed E-state index contributed by atoms with van der Waals surface area (Å²) in [6.07, 6.45) is 3.90. The summed E-state index contributed by atoms with van der Waals surface area (Å²) in [6, 6.07) is 11.5. The molecule has 2 heterocycles. The average Bonchev–Trinajstić information content (AvgIpc) is 2.97. The van der Waals surface area contributed by atoms with Gasteiger partial charge in [0.2, 0.25) is 0 Å². The number of carboxylic acid groups (broad SMARTS) is 1. The molecule has 2 fully saturated rings. The van der Waals surface area contributed by atoms with Crippen LogP contribution in [-0.4, -0.2) is 33.5 Å². The Kier molecular flexibility index (Phi) is 4.04. The number of hydrogen-bond acceptors (Lipinski definition) is 4. The van der Waals surface area contributed by atoms with Crippen molar-refractivity contribution < 1.29 is 19.5 Å². The van der Waals surface area contributed by atoms with Crippen molar-refractivity contribution in [1.82, 2.24) is 10.3 Å². The first-order valence-electron chi connectivity index (χ1n) is 9.42. The van der Waals surface area contributed by atoms with Gasteiger partial charge in [0.1, 0.15) is 5.54 Å². The van der Waals surface area contributed by atoms with Gasteiger partial charge in [0, 0.05) is 22.0 Å². The SMILES string of the molecule is O=C(O)c1ccc2c(N3C(=O)NC4(CC(c5ccccc5Cl)C4)C3=O)cncc2c1. The molecule has 0 unspecified atom stereocenters. The number of imide groups is 1. The molecule has 2 aliphatic rings. The van der Waals surface area contributed by atoms with Crippen molar-refractivity contribution in [3.05, 3.63) is 71.0 Å². The summed E-state index contributed by atoms with van der Waals surface area (Å²) in [5.41, 5.74) is 0.462. The van der Waals surface area contributed by atoms with Crippen molar-refractivity contribution in [2.45, 2.75) is 24.3 Å². The van der Waals surface area contributed by atoms with E-state index in [2.05, 4.69) is 10.3 Å². The number of benzene rings is 2. The first-order valence-corrected chi connectivity index (χ1v) is 9.80. The smallest absolute Gasteiger partial charge is 0.335 e. The van der Waals surface area contributed by atoms with Gasteiger partial charge in [0.25, 0.3) is 5.91 Å². The standard InChI is InChI=1S/C22H16ClN3O4/c23-17-4-2-1-3-15(17)14-8-22(9-14)20(29)26(21(30)25-22)18-11-24-10-13-7-12(19(27)28)5-6-16(13)18/h1-7,10-11,14H,8-9H2,(H,25,30)(H,27,28). The van der Waals surface area contributed by atoms with Gasteiger partial charge in [-0.25, -0.2) is 14.5 Å². The van der Waals surface area contributed by atoms with Crippen LogP contribution in [0.3, 0.4) is 0 Å². The summed E-state index contributed by atoms with van der Waals surface area (Å²) in [6.45, 7) is 0. The Morgan fingerprint density at radius 1 is 1.17 bits per heavy atom. The summed E-state index contributed by atoms with van der Waals surface area (Å²) < 4.78 is 0. The molecule has 1 aromatic heterocycles. The number of pyridine rings is 1. The summed E-state index contributed by atoms with van der Waals surface area (Å²) in [4.78, 5) is 42.5. The third kappa shape index (κ3) is 2.66. The van der Waals surface area contributed by atoms with Crippen molar-refractivity contribution in [2.75, 3.05) is 4.90 Å². The van der Waals surface area contributed by atoms with E-state index in [1.807, 2.05) is 24.3 Å². The highest BCUT2D eigenvalue weighted by molar-refractivity contribution is 6.31. The first-order chi connectivity index (χ1) is 14.4. The van der Waals surface area contributed by atoms with Crippen molar-refractivity contribution in [1.29, 1.82) is 0 Å². The fourth-order valence-electron chi connectivity index (χ4n) is 4.40. The first kappa shape index (κ1) is 18.6. The lowest BCUT2D eigenvalue weighted by atomic mass is 9.65. The van der Waals surface area contributed by atoms with Crippen LogP contribution in [-0.2, 0) is 4.79 Å². The van der Waals surface area contributed by atoms with Crippen LogP contribution in [0.1, 0.15) is 34.7 Å². The maximum Gasteiger partial charge on any atom is 0.335 e.